The maximum Gasteiger partial charge on any atom is 0.251 e. The van der Waals surface area contributed by atoms with Gasteiger partial charge in [0.05, 0.1) is 19.4 Å². The second kappa shape index (κ2) is 12.0. The molecule has 0 unspecified atom stereocenters. The van der Waals surface area contributed by atoms with Gasteiger partial charge in [0.15, 0.2) is 0 Å². The van der Waals surface area contributed by atoms with Crippen molar-refractivity contribution in [3.05, 3.63) is 120 Å². The van der Waals surface area contributed by atoms with Crippen LogP contribution in [-0.4, -0.2) is 24.3 Å². The molecule has 4 N–H and O–H groups in total. The summed E-state index contributed by atoms with van der Waals surface area (Å²) in [5.74, 6) is 0.0276. The molecule has 0 aliphatic heterocycles. The minimum Gasteiger partial charge on any atom is -0.467 e. The van der Waals surface area contributed by atoms with Crippen molar-refractivity contribution in [3.63, 3.8) is 0 Å². The first kappa shape index (κ1) is 24.3. The van der Waals surface area contributed by atoms with Gasteiger partial charge in [-0.25, -0.2) is 0 Å². The number of furan rings is 1. The molecule has 0 atom stereocenters. The van der Waals surface area contributed by atoms with E-state index in [4.69, 9.17) is 4.42 Å². The zero-order valence-corrected chi connectivity index (χ0v) is 19.5. The van der Waals surface area contributed by atoms with Gasteiger partial charge < -0.3 is 25.7 Å². The second-order valence-electron chi connectivity index (χ2n) is 7.99. The van der Waals surface area contributed by atoms with Crippen LogP contribution in [0.3, 0.4) is 0 Å². The lowest BCUT2D eigenvalue weighted by molar-refractivity contribution is -0.114. The lowest BCUT2D eigenvalue weighted by atomic mass is 10.1. The highest BCUT2D eigenvalue weighted by molar-refractivity contribution is 5.97. The van der Waals surface area contributed by atoms with Crippen molar-refractivity contribution in [2.24, 2.45) is 0 Å². The molecule has 1 heterocycles. The molecule has 4 rings (SSSR count). The number of rotatable bonds is 10. The van der Waals surface area contributed by atoms with Gasteiger partial charge in [-0.05, 0) is 66.2 Å². The molecule has 4 aromatic rings. The maximum atomic E-state index is 12.3. The Balaban J connectivity index is 1.20. The van der Waals surface area contributed by atoms with Crippen LogP contribution in [0.5, 0.6) is 0 Å². The lowest BCUT2D eigenvalue weighted by Crippen LogP contribution is -2.23. The van der Waals surface area contributed by atoms with Crippen molar-refractivity contribution < 1.29 is 18.8 Å². The molecule has 0 aliphatic carbocycles. The van der Waals surface area contributed by atoms with Crippen LogP contribution in [0.15, 0.2) is 102 Å². The largest absolute Gasteiger partial charge is 0.467 e. The number of benzene rings is 3. The number of anilines is 2. The Labute approximate surface area is 208 Å². The Kier molecular flexibility index (Phi) is 8.11. The van der Waals surface area contributed by atoms with E-state index in [-0.39, 0.29) is 24.3 Å². The van der Waals surface area contributed by atoms with Gasteiger partial charge in [0.25, 0.3) is 11.8 Å². The highest BCUT2D eigenvalue weighted by Gasteiger charge is 2.09. The lowest BCUT2D eigenvalue weighted by Gasteiger charge is -2.10. The summed E-state index contributed by atoms with van der Waals surface area (Å²) in [6.45, 7) is 0.802. The summed E-state index contributed by atoms with van der Waals surface area (Å²) < 4.78 is 5.19. The quantitative estimate of drug-likeness (QED) is 0.271. The Morgan fingerprint density at radius 1 is 0.639 bits per heavy atom. The van der Waals surface area contributed by atoms with Crippen molar-refractivity contribution in [2.45, 2.75) is 13.1 Å². The normalized spacial score (nSPS) is 10.3. The number of hydrogen-bond donors (Lipinski definition) is 4. The summed E-state index contributed by atoms with van der Waals surface area (Å²) in [5.41, 5.74) is 3.33. The molecule has 3 amide bonds. The van der Waals surface area contributed by atoms with E-state index in [0.717, 1.165) is 5.56 Å². The maximum absolute atomic E-state index is 12.3. The van der Waals surface area contributed by atoms with Gasteiger partial charge in [-0.15, -0.1) is 0 Å². The third kappa shape index (κ3) is 7.07. The van der Waals surface area contributed by atoms with Crippen molar-refractivity contribution >= 4 is 29.1 Å². The molecule has 1 aromatic heterocycles. The van der Waals surface area contributed by atoms with Crippen molar-refractivity contribution in [1.29, 1.82) is 0 Å². The van der Waals surface area contributed by atoms with Gasteiger partial charge in [-0.3, -0.25) is 14.4 Å². The van der Waals surface area contributed by atoms with Crippen LogP contribution in [0.1, 0.15) is 32.0 Å². The third-order valence-corrected chi connectivity index (χ3v) is 5.33. The Bertz CT molecular complexity index is 1290. The fourth-order valence-electron chi connectivity index (χ4n) is 3.39. The van der Waals surface area contributed by atoms with Crippen molar-refractivity contribution in [3.8, 4) is 0 Å². The number of carbonyl (C=O) groups is 3. The molecular weight excluding hydrogens is 456 g/mol. The summed E-state index contributed by atoms with van der Waals surface area (Å²) in [4.78, 5) is 36.9. The summed E-state index contributed by atoms with van der Waals surface area (Å²) >= 11 is 0. The van der Waals surface area contributed by atoms with Gasteiger partial charge in [-0.2, -0.15) is 0 Å². The minimum atomic E-state index is -0.241. The second-order valence-corrected chi connectivity index (χ2v) is 7.99. The smallest absolute Gasteiger partial charge is 0.251 e. The summed E-state index contributed by atoms with van der Waals surface area (Å²) in [6, 6.07) is 26.8. The van der Waals surface area contributed by atoms with Gasteiger partial charge in [0.2, 0.25) is 5.91 Å². The van der Waals surface area contributed by atoms with Gasteiger partial charge in [0.1, 0.15) is 5.76 Å². The molecular formula is C28H26N4O4. The molecule has 3 aromatic carbocycles. The summed E-state index contributed by atoms with van der Waals surface area (Å²) in [6.07, 6.45) is 1.55. The topological polar surface area (TPSA) is 112 Å². The number of nitrogens with one attached hydrogen (secondary N) is 4. The van der Waals surface area contributed by atoms with E-state index in [0.29, 0.717) is 41.4 Å². The van der Waals surface area contributed by atoms with Crippen LogP contribution in [-0.2, 0) is 17.9 Å². The van der Waals surface area contributed by atoms with Crippen molar-refractivity contribution in [2.75, 3.05) is 17.2 Å². The zero-order chi connectivity index (χ0) is 25.2. The van der Waals surface area contributed by atoms with Crippen LogP contribution < -0.4 is 21.3 Å². The molecule has 0 saturated carbocycles. The number of hydrogen-bond acceptors (Lipinski definition) is 5. The molecule has 182 valence electrons. The highest BCUT2D eigenvalue weighted by Crippen LogP contribution is 2.12. The average molecular weight is 483 g/mol. The predicted octanol–water partition coefficient (Wildman–Crippen LogP) is 4.19. The fraction of sp³-hybridized carbons (Fsp3) is 0.107. The molecule has 0 aliphatic rings. The first-order valence-electron chi connectivity index (χ1n) is 11.4. The first-order chi connectivity index (χ1) is 17.6. The molecule has 8 heteroatoms. The van der Waals surface area contributed by atoms with E-state index >= 15 is 0 Å². The SMILES string of the molecule is O=C(CNc1ccc(C(=O)NCc2ccccc2)cc1)Nc1ccc(C(=O)NCc2ccco2)cc1. The monoisotopic (exact) mass is 482 g/mol. The van der Waals surface area contributed by atoms with Crippen LogP contribution in [0.4, 0.5) is 11.4 Å². The minimum absolute atomic E-state index is 0.0466. The molecule has 8 nitrogen and oxygen atoms in total. The average Bonchev–Trinajstić information content (AvgIpc) is 3.44. The van der Waals surface area contributed by atoms with E-state index < -0.39 is 0 Å². The Hall–Kier alpha value is -4.85. The fourth-order valence-corrected chi connectivity index (χ4v) is 3.39. The van der Waals surface area contributed by atoms with Crippen LogP contribution in [0.25, 0.3) is 0 Å². The molecule has 0 saturated heterocycles. The molecule has 0 fully saturated rings. The highest BCUT2D eigenvalue weighted by atomic mass is 16.3. The zero-order valence-electron chi connectivity index (χ0n) is 19.5. The van der Waals surface area contributed by atoms with E-state index in [1.807, 2.05) is 30.3 Å². The predicted molar refractivity (Wildman–Crippen MR) is 137 cm³/mol. The van der Waals surface area contributed by atoms with Crippen molar-refractivity contribution in [1.82, 2.24) is 10.6 Å². The van der Waals surface area contributed by atoms with E-state index in [1.165, 1.54) is 0 Å². The molecule has 36 heavy (non-hydrogen) atoms. The molecule has 0 bridgehead atoms. The van der Waals surface area contributed by atoms with E-state index in [2.05, 4.69) is 21.3 Å². The van der Waals surface area contributed by atoms with Gasteiger partial charge in [-0.1, -0.05) is 30.3 Å². The first-order valence-corrected chi connectivity index (χ1v) is 11.4. The molecule has 0 radical (unpaired) electrons. The van der Waals surface area contributed by atoms with Gasteiger partial charge in [0, 0.05) is 29.0 Å². The Morgan fingerprint density at radius 2 is 1.25 bits per heavy atom. The third-order valence-electron chi connectivity index (χ3n) is 5.33. The number of amides is 3. The summed E-state index contributed by atoms with van der Waals surface area (Å²) in [5, 5.41) is 11.5. The van der Waals surface area contributed by atoms with E-state index in [1.54, 1.807) is 66.9 Å². The Morgan fingerprint density at radius 3 is 1.86 bits per heavy atom. The summed E-state index contributed by atoms with van der Waals surface area (Å²) in [7, 11) is 0. The van der Waals surface area contributed by atoms with Crippen LogP contribution >= 0.6 is 0 Å². The molecule has 0 spiro atoms. The van der Waals surface area contributed by atoms with Gasteiger partial charge >= 0.3 is 0 Å². The van der Waals surface area contributed by atoms with Crippen LogP contribution in [0.2, 0.25) is 0 Å². The number of carbonyl (C=O) groups excluding carboxylic acids is 3. The standard InChI is InChI=1S/C28H26N4O4/c33-26(32-24-14-10-22(11-15-24)28(35)31-18-25-7-4-16-36-25)19-29-23-12-8-21(9-13-23)27(34)30-17-20-5-2-1-3-6-20/h1-16,29H,17-19H2,(H,30,34)(H,31,35)(H,32,33). The van der Waals surface area contributed by atoms with E-state index in [9.17, 15) is 14.4 Å². The van der Waals surface area contributed by atoms with Crippen LogP contribution in [0, 0.1) is 0 Å².